The number of rotatable bonds is 3. The number of aromatic nitrogens is 1. The number of benzene rings is 1. The monoisotopic (exact) mass is 251 g/mol. The Hall–Kier alpha value is -2.16. The van der Waals surface area contributed by atoms with Gasteiger partial charge in [-0.3, -0.25) is 9.78 Å². The fourth-order valence-corrected chi connectivity index (χ4v) is 2.58. The summed E-state index contributed by atoms with van der Waals surface area (Å²) in [6, 6.07) is 15.1. The molecule has 19 heavy (non-hydrogen) atoms. The van der Waals surface area contributed by atoms with Crippen LogP contribution in [-0.4, -0.2) is 15.8 Å². The SMILES string of the molecule is O=C1CCC(c2c[c]ccc2)N1Cc1ccncc1. The second-order valence-electron chi connectivity index (χ2n) is 4.77. The lowest BCUT2D eigenvalue weighted by Crippen LogP contribution is -2.27. The van der Waals surface area contributed by atoms with E-state index in [2.05, 4.69) is 17.1 Å². The van der Waals surface area contributed by atoms with Crippen LogP contribution < -0.4 is 0 Å². The molecule has 0 bridgehead atoms. The van der Waals surface area contributed by atoms with Crippen LogP contribution in [0.1, 0.15) is 30.0 Å². The fourth-order valence-electron chi connectivity index (χ4n) is 2.58. The van der Waals surface area contributed by atoms with Gasteiger partial charge in [0.2, 0.25) is 5.91 Å². The van der Waals surface area contributed by atoms with Gasteiger partial charge in [-0.2, -0.15) is 0 Å². The van der Waals surface area contributed by atoms with E-state index in [9.17, 15) is 4.79 Å². The molecule has 2 aromatic rings. The molecule has 1 fully saturated rings. The van der Waals surface area contributed by atoms with Crippen molar-refractivity contribution in [2.75, 3.05) is 0 Å². The van der Waals surface area contributed by atoms with E-state index < -0.39 is 0 Å². The summed E-state index contributed by atoms with van der Waals surface area (Å²) in [4.78, 5) is 18.0. The van der Waals surface area contributed by atoms with Crippen LogP contribution in [0.3, 0.4) is 0 Å². The van der Waals surface area contributed by atoms with Crippen LogP contribution in [0.4, 0.5) is 0 Å². The first-order chi connectivity index (χ1) is 9.34. The Morgan fingerprint density at radius 2 is 2.16 bits per heavy atom. The third-order valence-electron chi connectivity index (χ3n) is 3.55. The Bertz CT molecular complexity index is 553. The van der Waals surface area contributed by atoms with E-state index in [4.69, 9.17) is 0 Å². The molecule has 0 N–H and O–H groups in total. The van der Waals surface area contributed by atoms with Crippen LogP contribution in [0.25, 0.3) is 0 Å². The van der Waals surface area contributed by atoms with Gasteiger partial charge in [0.05, 0.1) is 6.04 Å². The number of hydrogen-bond donors (Lipinski definition) is 0. The van der Waals surface area contributed by atoms with Crippen molar-refractivity contribution in [3.05, 3.63) is 66.0 Å². The molecule has 3 heteroatoms. The second-order valence-corrected chi connectivity index (χ2v) is 4.77. The fraction of sp³-hybridized carbons (Fsp3) is 0.250. The van der Waals surface area contributed by atoms with Crippen LogP contribution >= 0.6 is 0 Å². The molecular weight excluding hydrogens is 236 g/mol. The first-order valence-electron chi connectivity index (χ1n) is 6.49. The zero-order chi connectivity index (χ0) is 13.1. The van der Waals surface area contributed by atoms with E-state index in [0.29, 0.717) is 13.0 Å². The minimum absolute atomic E-state index is 0.179. The van der Waals surface area contributed by atoms with Crippen molar-refractivity contribution < 1.29 is 4.79 Å². The summed E-state index contributed by atoms with van der Waals surface area (Å²) in [5.74, 6) is 0.227. The first-order valence-corrected chi connectivity index (χ1v) is 6.49. The number of carbonyl (C=O) groups is 1. The molecule has 1 atom stereocenters. The molecule has 3 nitrogen and oxygen atoms in total. The smallest absolute Gasteiger partial charge is 0.223 e. The molecule has 1 aliphatic rings. The minimum atomic E-state index is 0.179. The summed E-state index contributed by atoms with van der Waals surface area (Å²) < 4.78 is 0. The number of nitrogens with zero attached hydrogens (tertiary/aromatic N) is 2. The van der Waals surface area contributed by atoms with Gasteiger partial charge in [0.15, 0.2) is 0 Å². The normalized spacial score (nSPS) is 18.8. The lowest BCUT2D eigenvalue weighted by molar-refractivity contribution is -0.129. The Kier molecular flexibility index (Phi) is 3.27. The number of amides is 1. The standard InChI is InChI=1S/C16H15N2O/c19-16-7-6-15(14-4-2-1-3-5-14)18(16)12-13-8-10-17-11-9-13/h1-2,4-5,8-11,15H,6-7,12H2. The topological polar surface area (TPSA) is 33.2 Å². The maximum absolute atomic E-state index is 12.1. The largest absolute Gasteiger partial charge is 0.331 e. The summed E-state index contributed by atoms with van der Waals surface area (Å²) in [5, 5.41) is 0. The van der Waals surface area contributed by atoms with Gasteiger partial charge >= 0.3 is 0 Å². The molecule has 1 radical (unpaired) electrons. The van der Waals surface area contributed by atoms with Crippen molar-refractivity contribution in [2.24, 2.45) is 0 Å². The third-order valence-corrected chi connectivity index (χ3v) is 3.55. The molecule has 2 heterocycles. The number of pyridine rings is 1. The van der Waals surface area contributed by atoms with E-state index in [0.717, 1.165) is 12.0 Å². The van der Waals surface area contributed by atoms with Gasteiger partial charge in [0.1, 0.15) is 0 Å². The molecule has 0 spiro atoms. The molecule has 1 aromatic carbocycles. The van der Waals surface area contributed by atoms with Crippen LogP contribution in [0, 0.1) is 6.07 Å². The Balaban J connectivity index is 1.83. The van der Waals surface area contributed by atoms with Crippen molar-refractivity contribution in [3.8, 4) is 0 Å². The minimum Gasteiger partial charge on any atom is -0.331 e. The van der Waals surface area contributed by atoms with Crippen LogP contribution in [0.2, 0.25) is 0 Å². The average Bonchev–Trinajstić information content (AvgIpc) is 2.82. The van der Waals surface area contributed by atoms with Gasteiger partial charge in [-0.15, -0.1) is 0 Å². The molecule has 1 amide bonds. The average molecular weight is 251 g/mol. The van der Waals surface area contributed by atoms with Crippen LogP contribution in [-0.2, 0) is 11.3 Å². The first kappa shape index (κ1) is 11.9. The maximum Gasteiger partial charge on any atom is 0.223 e. The van der Waals surface area contributed by atoms with Gasteiger partial charge < -0.3 is 4.90 Å². The van der Waals surface area contributed by atoms with E-state index in [-0.39, 0.29) is 11.9 Å². The highest BCUT2D eigenvalue weighted by molar-refractivity contribution is 5.79. The molecule has 3 rings (SSSR count). The second kappa shape index (κ2) is 5.22. The molecule has 1 saturated heterocycles. The Morgan fingerprint density at radius 1 is 1.32 bits per heavy atom. The van der Waals surface area contributed by atoms with Crippen LogP contribution in [0.5, 0.6) is 0 Å². The summed E-state index contributed by atoms with van der Waals surface area (Å²) in [5.41, 5.74) is 2.29. The number of likely N-dealkylation sites (tertiary alicyclic amines) is 1. The zero-order valence-electron chi connectivity index (χ0n) is 10.6. The lowest BCUT2D eigenvalue weighted by atomic mass is 10.0. The number of carbonyl (C=O) groups excluding carboxylic acids is 1. The van der Waals surface area contributed by atoms with E-state index in [1.807, 2.05) is 35.2 Å². The van der Waals surface area contributed by atoms with Gasteiger partial charge in [-0.25, -0.2) is 0 Å². The van der Waals surface area contributed by atoms with Crippen molar-refractivity contribution in [2.45, 2.75) is 25.4 Å². The highest BCUT2D eigenvalue weighted by Gasteiger charge is 2.31. The molecular formula is C16H15N2O. The van der Waals surface area contributed by atoms with Crippen LogP contribution in [0.15, 0.2) is 48.8 Å². The van der Waals surface area contributed by atoms with Gasteiger partial charge in [0, 0.05) is 25.4 Å². The number of hydrogen-bond acceptors (Lipinski definition) is 2. The van der Waals surface area contributed by atoms with E-state index >= 15 is 0 Å². The van der Waals surface area contributed by atoms with Crippen molar-refractivity contribution in [1.82, 2.24) is 9.88 Å². The lowest BCUT2D eigenvalue weighted by Gasteiger charge is -2.25. The summed E-state index contributed by atoms with van der Waals surface area (Å²) in [6.45, 7) is 0.654. The van der Waals surface area contributed by atoms with Crippen molar-refractivity contribution in [1.29, 1.82) is 0 Å². The van der Waals surface area contributed by atoms with E-state index in [1.165, 1.54) is 5.56 Å². The molecule has 0 saturated carbocycles. The third kappa shape index (κ3) is 2.50. The predicted molar refractivity (Wildman–Crippen MR) is 72.0 cm³/mol. The molecule has 1 unspecified atom stereocenters. The summed E-state index contributed by atoms with van der Waals surface area (Å²) in [6.07, 6.45) is 5.05. The highest BCUT2D eigenvalue weighted by atomic mass is 16.2. The Labute approximate surface area is 112 Å². The molecule has 1 aliphatic heterocycles. The van der Waals surface area contributed by atoms with Gasteiger partial charge in [-0.1, -0.05) is 18.2 Å². The Morgan fingerprint density at radius 3 is 2.89 bits per heavy atom. The van der Waals surface area contributed by atoms with Crippen molar-refractivity contribution in [3.63, 3.8) is 0 Å². The molecule has 0 aliphatic carbocycles. The summed E-state index contributed by atoms with van der Waals surface area (Å²) >= 11 is 0. The molecule has 1 aromatic heterocycles. The van der Waals surface area contributed by atoms with Crippen molar-refractivity contribution >= 4 is 5.91 Å². The van der Waals surface area contributed by atoms with E-state index in [1.54, 1.807) is 12.4 Å². The summed E-state index contributed by atoms with van der Waals surface area (Å²) in [7, 11) is 0. The van der Waals surface area contributed by atoms with Gasteiger partial charge in [-0.05, 0) is 41.8 Å². The predicted octanol–water partition coefficient (Wildman–Crippen LogP) is 2.75. The van der Waals surface area contributed by atoms with Gasteiger partial charge in [0.25, 0.3) is 0 Å². The zero-order valence-corrected chi connectivity index (χ0v) is 10.6. The quantitative estimate of drug-likeness (QED) is 0.840. The maximum atomic E-state index is 12.1. The molecule has 95 valence electrons. The highest BCUT2D eigenvalue weighted by Crippen LogP contribution is 2.33.